The number of ether oxygens (including phenoxy) is 2. The highest BCUT2D eigenvalue weighted by atomic mass is 16.6. The lowest BCUT2D eigenvalue weighted by Crippen LogP contribution is -2.05. The second-order valence-corrected chi connectivity index (χ2v) is 6.93. The van der Waals surface area contributed by atoms with Crippen LogP contribution in [0.4, 0.5) is 5.69 Å². The summed E-state index contributed by atoms with van der Waals surface area (Å²) in [6.45, 7) is 2.51. The van der Waals surface area contributed by atoms with Gasteiger partial charge in [-0.1, -0.05) is 42.5 Å². The predicted octanol–water partition coefficient (Wildman–Crippen LogP) is 4.83. The lowest BCUT2D eigenvalue weighted by atomic mass is 10.1. The van der Waals surface area contributed by atoms with Crippen LogP contribution >= 0.6 is 0 Å². The number of carbonyl (C=O) groups is 1. The predicted molar refractivity (Wildman–Crippen MR) is 116 cm³/mol. The number of nitro benzene ring substituents is 1. The van der Waals surface area contributed by atoms with Gasteiger partial charge in [-0.15, -0.1) is 0 Å². The Balaban J connectivity index is 1.48. The van der Waals surface area contributed by atoms with Gasteiger partial charge in [0.1, 0.15) is 12.4 Å². The van der Waals surface area contributed by atoms with Crippen molar-refractivity contribution in [3.05, 3.63) is 111 Å². The molecule has 1 aliphatic rings. The second kappa shape index (κ2) is 8.62. The van der Waals surface area contributed by atoms with Gasteiger partial charge in [0.15, 0.2) is 5.70 Å². The van der Waals surface area contributed by atoms with Crippen molar-refractivity contribution < 1.29 is 19.2 Å². The molecular formula is C24H18N2O5. The third-order valence-electron chi connectivity index (χ3n) is 4.76. The number of aliphatic imine (C=N–C) groups is 1. The van der Waals surface area contributed by atoms with Crippen LogP contribution in [0.15, 0.2) is 83.5 Å². The van der Waals surface area contributed by atoms with Crippen molar-refractivity contribution in [2.45, 2.75) is 13.5 Å². The molecule has 3 aromatic rings. The Morgan fingerprint density at radius 3 is 2.58 bits per heavy atom. The van der Waals surface area contributed by atoms with Gasteiger partial charge in [-0.05, 0) is 47.9 Å². The molecule has 0 aromatic heterocycles. The average molecular weight is 414 g/mol. The summed E-state index contributed by atoms with van der Waals surface area (Å²) in [6.07, 6.45) is 1.60. The molecule has 7 heteroatoms. The van der Waals surface area contributed by atoms with E-state index in [0.29, 0.717) is 17.9 Å². The van der Waals surface area contributed by atoms with E-state index in [0.717, 1.165) is 11.1 Å². The minimum atomic E-state index is -0.610. The van der Waals surface area contributed by atoms with E-state index in [-0.39, 0.29) is 17.3 Å². The molecule has 0 radical (unpaired) electrons. The molecule has 4 rings (SSSR count). The average Bonchev–Trinajstić information content (AvgIpc) is 3.14. The topological polar surface area (TPSA) is 91.0 Å². The molecule has 3 aromatic carbocycles. The molecule has 0 unspecified atom stereocenters. The molecule has 1 aliphatic heterocycles. The summed E-state index contributed by atoms with van der Waals surface area (Å²) in [5.41, 5.74) is 3.42. The number of carbonyl (C=O) groups excluding carboxylic acids is 1. The zero-order valence-electron chi connectivity index (χ0n) is 16.6. The Hall–Kier alpha value is -4.26. The molecular weight excluding hydrogens is 396 g/mol. The maximum atomic E-state index is 12.2. The van der Waals surface area contributed by atoms with E-state index in [9.17, 15) is 14.9 Å². The van der Waals surface area contributed by atoms with Gasteiger partial charge in [0.2, 0.25) is 5.90 Å². The molecule has 31 heavy (non-hydrogen) atoms. The molecule has 0 aliphatic carbocycles. The molecule has 0 amide bonds. The number of cyclic esters (lactones) is 1. The number of hydrogen-bond acceptors (Lipinski definition) is 6. The summed E-state index contributed by atoms with van der Waals surface area (Å²) in [4.78, 5) is 26.8. The maximum absolute atomic E-state index is 12.2. The summed E-state index contributed by atoms with van der Waals surface area (Å²) in [5, 5.41) is 10.9. The zero-order chi connectivity index (χ0) is 21.8. The lowest BCUT2D eigenvalue weighted by Gasteiger charge is -2.08. The second-order valence-electron chi connectivity index (χ2n) is 6.93. The van der Waals surface area contributed by atoms with Crippen molar-refractivity contribution in [2.75, 3.05) is 0 Å². The fourth-order valence-electron chi connectivity index (χ4n) is 3.04. The van der Waals surface area contributed by atoms with Crippen LogP contribution in [0.25, 0.3) is 6.08 Å². The van der Waals surface area contributed by atoms with Crippen LogP contribution in [-0.4, -0.2) is 16.8 Å². The third-order valence-corrected chi connectivity index (χ3v) is 4.76. The highest BCUT2D eigenvalue weighted by Crippen LogP contribution is 2.23. The van der Waals surface area contributed by atoms with E-state index in [1.807, 2.05) is 55.5 Å². The fraction of sp³-hybridized carbons (Fsp3) is 0.0833. The Morgan fingerprint density at radius 2 is 1.84 bits per heavy atom. The van der Waals surface area contributed by atoms with Crippen molar-refractivity contribution >= 4 is 23.6 Å². The van der Waals surface area contributed by atoms with Gasteiger partial charge in [0, 0.05) is 17.7 Å². The Bertz CT molecular complexity index is 1210. The molecule has 0 atom stereocenters. The quantitative estimate of drug-likeness (QED) is 0.249. The van der Waals surface area contributed by atoms with Crippen LogP contribution in [-0.2, 0) is 16.1 Å². The Morgan fingerprint density at radius 1 is 1.06 bits per heavy atom. The summed E-state index contributed by atoms with van der Waals surface area (Å²) < 4.78 is 11.0. The van der Waals surface area contributed by atoms with Gasteiger partial charge in [-0.2, -0.15) is 0 Å². The molecule has 0 saturated carbocycles. The van der Waals surface area contributed by atoms with E-state index < -0.39 is 10.9 Å². The first-order valence-corrected chi connectivity index (χ1v) is 9.54. The minimum absolute atomic E-state index is 0.0399. The standard InChI is InChI=1S/C24H18N2O5/c1-16-5-2-3-6-19(16)15-30-21-11-9-17(10-12-21)13-22-24(27)31-23(25-22)18-7-4-8-20(14-18)26(28)29/h2-14H,15H2,1H3/b22-13-. The molecule has 0 N–H and O–H groups in total. The molecule has 0 bridgehead atoms. The molecule has 1 heterocycles. The molecule has 0 saturated heterocycles. The third kappa shape index (κ3) is 4.67. The fourth-order valence-corrected chi connectivity index (χ4v) is 3.04. The van der Waals surface area contributed by atoms with Crippen LogP contribution in [0.2, 0.25) is 0 Å². The zero-order valence-corrected chi connectivity index (χ0v) is 16.6. The highest BCUT2D eigenvalue weighted by molar-refractivity contribution is 6.13. The summed E-state index contributed by atoms with van der Waals surface area (Å²) >= 11 is 0. The van der Waals surface area contributed by atoms with Crippen LogP contribution in [0, 0.1) is 17.0 Å². The number of nitrogens with zero attached hydrogens (tertiary/aromatic N) is 2. The van der Waals surface area contributed by atoms with Crippen molar-refractivity contribution in [2.24, 2.45) is 4.99 Å². The van der Waals surface area contributed by atoms with Crippen LogP contribution < -0.4 is 4.74 Å². The first-order chi connectivity index (χ1) is 15.0. The van der Waals surface area contributed by atoms with E-state index in [4.69, 9.17) is 9.47 Å². The SMILES string of the molecule is Cc1ccccc1COc1ccc(/C=C2\N=C(c3cccc([N+](=O)[O-])c3)OC2=O)cc1. The first kappa shape index (κ1) is 20.0. The normalized spacial score (nSPS) is 14.3. The van der Waals surface area contributed by atoms with E-state index in [1.54, 1.807) is 12.1 Å². The Kier molecular flexibility index (Phi) is 5.57. The molecule has 0 fully saturated rings. The summed E-state index contributed by atoms with van der Waals surface area (Å²) in [6, 6.07) is 21.1. The first-order valence-electron chi connectivity index (χ1n) is 9.54. The van der Waals surface area contributed by atoms with Gasteiger partial charge >= 0.3 is 5.97 Å². The summed E-state index contributed by atoms with van der Waals surface area (Å²) in [7, 11) is 0. The van der Waals surface area contributed by atoms with Crippen molar-refractivity contribution in [3.8, 4) is 5.75 Å². The van der Waals surface area contributed by atoms with Gasteiger partial charge in [0.05, 0.1) is 4.92 Å². The van der Waals surface area contributed by atoms with Crippen LogP contribution in [0.5, 0.6) is 5.75 Å². The van der Waals surface area contributed by atoms with Gasteiger partial charge in [-0.25, -0.2) is 9.79 Å². The maximum Gasteiger partial charge on any atom is 0.363 e. The monoisotopic (exact) mass is 414 g/mol. The lowest BCUT2D eigenvalue weighted by molar-refractivity contribution is -0.384. The summed E-state index contributed by atoms with van der Waals surface area (Å²) in [5.74, 6) is 0.139. The molecule has 154 valence electrons. The number of nitro groups is 1. The van der Waals surface area contributed by atoms with Crippen molar-refractivity contribution in [1.29, 1.82) is 0 Å². The van der Waals surface area contributed by atoms with Crippen LogP contribution in [0.1, 0.15) is 22.3 Å². The largest absolute Gasteiger partial charge is 0.489 e. The Labute approximate surface area is 178 Å². The number of hydrogen-bond donors (Lipinski definition) is 0. The smallest absolute Gasteiger partial charge is 0.363 e. The van der Waals surface area contributed by atoms with Gasteiger partial charge in [0.25, 0.3) is 5.69 Å². The minimum Gasteiger partial charge on any atom is -0.489 e. The number of rotatable bonds is 6. The van der Waals surface area contributed by atoms with E-state index in [2.05, 4.69) is 4.99 Å². The van der Waals surface area contributed by atoms with Gasteiger partial charge in [-0.3, -0.25) is 10.1 Å². The van der Waals surface area contributed by atoms with Gasteiger partial charge < -0.3 is 9.47 Å². The number of benzene rings is 3. The molecule has 7 nitrogen and oxygen atoms in total. The number of esters is 1. The highest BCUT2D eigenvalue weighted by Gasteiger charge is 2.25. The van der Waals surface area contributed by atoms with Crippen LogP contribution in [0.3, 0.4) is 0 Å². The molecule has 0 spiro atoms. The van der Waals surface area contributed by atoms with E-state index in [1.165, 1.54) is 23.8 Å². The van der Waals surface area contributed by atoms with Crippen molar-refractivity contribution in [3.63, 3.8) is 0 Å². The number of non-ortho nitro benzene ring substituents is 1. The number of aryl methyl sites for hydroxylation is 1. The van der Waals surface area contributed by atoms with Crippen molar-refractivity contribution in [1.82, 2.24) is 0 Å². The van der Waals surface area contributed by atoms with E-state index >= 15 is 0 Å².